The summed E-state index contributed by atoms with van der Waals surface area (Å²) in [5.41, 5.74) is 15.0. The molecule has 0 aliphatic carbocycles. The highest BCUT2D eigenvalue weighted by molar-refractivity contribution is 6.22. The Morgan fingerprint density at radius 2 is 0.770 bits per heavy atom. The first-order valence-corrected chi connectivity index (χ1v) is 20.7. The van der Waals surface area contributed by atoms with Crippen LogP contribution < -0.4 is 4.90 Å². The molecule has 2 aromatic heterocycles. The molecule has 0 aliphatic rings. The van der Waals surface area contributed by atoms with Gasteiger partial charge in [-0.3, -0.25) is 0 Å². The molecule has 0 amide bonds. The van der Waals surface area contributed by atoms with E-state index >= 15 is 0 Å². The fourth-order valence-electron chi connectivity index (χ4n) is 8.61. The normalized spacial score (nSPS) is 11.3. The van der Waals surface area contributed by atoms with E-state index in [4.69, 9.17) is 9.97 Å². The minimum atomic E-state index is 0.946. The number of hydrogen-bond donors (Lipinski definition) is 0. The van der Waals surface area contributed by atoms with Crippen molar-refractivity contribution in [3.05, 3.63) is 237 Å². The molecule has 11 aromatic rings. The smallest absolute Gasteiger partial charge is 0.0788 e. The Morgan fingerprint density at radius 3 is 1.38 bits per heavy atom. The number of pyridine rings is 2. The molecule has 11 rings (SSSR count). The van der Waals surface area contributed by atoms with Crippen molar-refractivity contribution in [1.82, 2.24) is 9.97 Å². The van der Waals surface area contributed by atoms with Crippen LogP contribution in [0.1, 0.15) is 0 Å². The standard InChI is InChI=1S/C58H39N3/c1-5-16-43(17-6-1)55-38-47(39-56(59-55)44-18-7-2-8-19-44)46-32-36-54-53(37-46)57-51-24-14-13-15-42(51)31-35-52(57)58(60-54)45-27-25-40(26-28-45)41-29-33-50(34-30-41)61(48-20-9-3-10-21-48)49-22-11-4-12-23-49/h1-39H. The lowest BCUT2D eigenvalue weighted by atomic mass is 9.92. The van der Waals surface area contributed by atoms with Crippen molar-refractivity contribution in [2.45, 2.75) is 0 Å². The second-order valence-corrected chi connectivity index (χ2v) is 15.4. The van der Waals surface area contributed by atoms with Gasteiger partial charge in [-0.15, -0.1) is 0 Å². The lowest BCUT2D eigenvalue weighted by molar-refractivity contribution is 1.28. The van der Waals surface area contributed by atoms with E-state index in [2.05, 4.69) is 229 Å². The first-order valence-electron chi connectivity index (χ1n) is 20.7. The number of benzene rings is 9. The molecule has 0 saturated carbocycles. The van der Waals surface area contributed by atoms with Crippen molar-refractivity contribution in [3.63, 3.8) is 0 Å². The molecule has 0 radical (unpaired) electrons. The first kappa shape index (κ1) is 36.0. The molecule has 0 aliphatic heterocycles. The number of fused-ring (bicyclic) bond motifs is 5. The van der Waals surface area contributed by atoms with Gasteiger partial charge >= 0.3 is 0 Å². The van der Waals surface area contributed by atoms with Crippen LogP contribution in [0.2, 0.25) is 0 Å². The van der Waals surface area contributed by atoms with E-state index in [0.717, 1.165) is 89.4 Å². The Morgan fingerprint density at radius 1 is 0.279 bits per heavy atom. The van der Waals surface area contributed by atoms with Crippen LogP contribution in [0, 0.1) is 0 Å². The molecule has 3 nitrogen and oxygen atoms in total. The molecule has 0 N–H and O–H groups in total. The monoisotopic (exact) mass is 777 g/mol. The molecular weight excluding hydrogens is 739 g/mol. The molecule has 0 saturated heterocycles. The van der Waals surface area contributed by atoms with Crippen molar-refractivity contribution >= 4 is 49.5 Å². The first-order chi connectivity index (χ1) is 30.2. The van der Waals surface area contributed by atoms with Crippen LogP contribution in [0.15, 0.2) is 237 Å². The van der Waals surface area contributed by atoms with Crippen LogP contribution in [0.4, 0.5) is 17.1 Å². The van der Waals surface area contributed by atoms with E-state index in [1.165, 1.54) is 16.2 Å². The SMILES string of the molecule is c1ccc(-c2cc(-c3ccc4nc(-c5ccc(-c6ccc(N(c7ccccc7)c7ccccc7)cc6)cc5)c5ccc6ccccc6c5c4c3)cc(-c3ccccc3)n2)cc1. The molecule has 0 bridgehead atoms. The van der Waals surface area contributed by atoms with E-state index in [9.17, 15) is 0 Å². The van der Waals surface area contributed by atoms with Gasteiger partial charge in [0.15, 0.2) is 0 Å². The van der Waals surface area contributed by atoms with Gasteiger partial charge in [0.25, 0.3) is 0 Å². The number of aromatic nitrogens is 2. The summed E-state index contributed by atoms with van der Waals surface area (Å²) in [5.74, 6) is 0. The quantitative estimate of drug-likeness (QED) is 0.144. The Balaban J connectivity index is 0.996. The zero-order valence-electron chi connectivity index (χ0n) is 33.4. The summed E-state index contributed by atoms with van der Waals surface area (Å²) in [6, 6.07) is 83.9. The third kappa shape index (κ3) is 6.88. The van der Waals surface area contributed by atoms with Gasteiger partial charge in [0.2, 0.25) is 0 Å². The maximum Gasteiger partial charge on any atom is 0.0788 e. The Kier molecular flexibility index (Phi) is 9.18. The van der Waals surface area contributed by atoms with Crippen LogP contribution >= 0.6 is 0 Å². The Hall–Kier alpha value is -8.14. The summed E-state index contributed by atoms with van der Waals surface area (Å²) in [6.07, 6.45) is 0. The van der Waals surface area contributed by atoms with E-state index in [1.54, 1.807) is 0 Å². The van der Waals surface area contributed by atoms with Gasteiger partial charge in [0.1, 0.15) is 0 Å². The molecule has 0 spiro atoms. The highest BCUT2D eigenvalue weighted by Gasteiger charge is 2.17. The van der Waals surface area contributed by atoms with Gasteiger partial charge < -0.3 is 4.90 Å². The molecule has 61 heavy (non-hydrogen) atoms. The van der Waals surface area contributed by atoms with Crippen molar-refractivity contribution in [1.29, 1.82) is 0 Å². The van der Waals surface area contributed by atoms with E-state index in [0.29, 0.717) is 0 Å². The minimum Gasteiger partial charge on any atom is -0.311 e. The summed E-state index contributed by atoms with van der Waals surface area (Å²) < 4.78 is 0. The lowest BCUT2D eigenvalue weighted by Crippen LogP contribution is -2.09. The third-order valence-corrected chi connectivity index (χ3v) is 11.6. The largest absolute Gasteiger partial charge is 0.311 e. The van der Waals surface area contributed by atoms with E-state index in [1.807, 2.05) is 12.1 Å². The fraction of sp³-hybridized carbons (Fsp3) is 0. The van der Waals surface area contributed by atoms with Gasteiger partial charge in [-0.2, -0.15) is 0 Å². The van der Waals surface area contributed by atoms with Crippen LogP contribution in [0.5, 0.6) is 0 Å². The molecule has 9 aromatic carbocycles. The summed E-state index contributed by atoms with van der Waals surface area (Å²) in [6.45, 7) is 0. The van der Waals surface area contributed by atoms with Gasteiger partial charge in [0.05, 0.1) is 22.6 Å². The zero-order chi connectivity index (χ0) is 40.5. The molecule has 2 heterocycles. The van der Waals surface area contributed by atoms with Crippen molar-refractivity contribution < 1.29 is 0 Å². The van der Waals surface area contributed by atoms with E-state index in [-0.39, 0.29) is 0 Å². The zero-order valence-corrected chi connectivity index (χ0v) is 33.4. The van der Waals surface area contributed by atoms with Crippen molar-refractivity contribution in [3.8, 4) is 56.0 Å². The van der Waals surface area contributed by atoms with Crippen molar-refractivity contribution in [2.24, 2.45) is 0 Å². The molecule has 0 fully saturated rings. The topological polar surface area (TPSA) is 29.0 Å². The predicted molar refractivity (Wildman–Crippen MR) is 256 cm³/mol. The van der Waals surface area contributed by atoms with Crippen LogP contribution in [0.3, 0.4) is 0 Å². The molecule has 3 heteroatoms. The minimum absolute atomic E-state index is 0.946. The van der Waals surface area contributed by atoms with Gasteiger partial charge in [-0.1, -0.05) is 176 Å². The van der Waals surface area contributed by atoms with Crippen LogP contribution in [0.25, 0.3) is 88.5 Å². The highest BCUT2D eigenvalue weighted by Crippen LogP contribution is 2.41. The highest BCUT2D eigenvalue weighted by atomic mass is 15.1. The van der Waals surface area contributed by atoms with E-state index < -0.39 is 0 Å². The third-order valence-electron chi connectivity index (χ3n) is 11.6. The lowest BCUT2D eigenvalue weighted by Gasteiger charge is -2.25. The molecule has 0 unspecified atom stereocenters. The second kappa shape index (κ2) is 15.6. The molecule has 286 valence electrons. The summed E-state index contributed by atoms with van der Waals surface area (Å²) in [7, 11) is 0. The average molecular weight is 778 g/mol. The maximum atomic E-state index is 5.42. The van der Waals surface area contributed by atoms with Gasteiger partial charge in [-0.25, -0.2) is 9.97 Å². The number of hydrogen-bond acceptors (Lipinski definition) is 3. The molecular formula is C58H39N3. The Labute approximate surface area is 355 Å². The summed E-state index contributed by atoms with van der Waals surface area (Å²) in [5, 5.41) is 5.89. The summed E-state index contributed by atoms with van der Waals surface area (Å²) in [4.78, 5) is 12.8. The average Bonchev–Trinajstić information content (AvgIpc) is 3.35. The van der Waals surface area contributed by atoms with Crippen LogP contribution in [-0.2, 0) is 0 Å². The predicted octanol–water partition coefficient (Wildman–Crippen LogP) is 15.7. The second-order valence-electron chi connectivity index (χ2n) is 15.4. The Bertz CT molecular complexity index is 3210. The van der Waals surface area contributed by atoms with Crippen molar-refractivity contribution in [2.75, 3.05) is 4.90 Å². The van der Waals surface area contributed by atoms with Gasteiger partial charge in [0, 0.05) is 49.9 Å². The maximum absolute atomic E-state index is 5.42. The number of para-hydroxylation sites is 2. The number of nitrogens with zero attached hydrogens (tertiary/aromatic N) is 3. The summed E-state index contributed by atoms with van der Waals surface area (Å²) >= 11 is 0. The molecule has 0 atom stereocenters. The van der Waals surface area contributed by atoms with Crippen LogP contribution in [-0.4, -0.2) is 9.97 Å². The fourth-order valence-corrected chi connectivity index (χ4v) is 8.61. The van der Waals surface area contributed by atoms with Gasteiger partial charge in [-0.05, 0) is 93.7 Å². The number of anilines is 3. The number of rotatable bonds is 8.